The summed E-state index contributed by atoms with van der Waals surface area (Å²) in [7, 11) is 3.25. The van der Waals surface area contributed by atoms with Crippen molar-refractivity contribution in [2.45, 2.75) is 44.8 Å². The van der Waals surface area contributed by atoms with E-state index in [-0.39, 0.29) is 55.3 Å². The maximum absolute atomic E-state index is 12.9. The Kier molecular flexibility index (Phi) is 10.4. The van der Waals surface area contributed by atoms with Crippen molar-refractivity contribution in [1.82, 2.24) is 15.5 Å². The number of nitrogens with one attached hydrogen (secondary N) is 2. The van der Waals surface area contributed by atoms with Gasteiger partial charge in [-0.15, -0.1) is 24.0 Å². The molecule has 2 unspecified atom stereocenters. The fourth-order valence-corrected chi connectivity index (χ4v) is 2.49. The first-order valence-electron chi connectivity index (χ1n) is 8.05. The average Bonchev–Trinajstić information content (AvgIpc) is 2.48. The fourth-order valence-electron chi connectivity index (χ4n) is 2.49. The molecule has 0 aromatic carbocycles. The normalized spacial score (nSPS) is 21.1. The Labute approximate surface area is 164 Å². The highest BCUT2D eigenvalue weighted by atomic mass is 127. The minimum Gasteiger partial charge on any atom is -0.354 e. The first kappa shape index (κ1) is 24.0. The molecule has 2 atom stereocenters. The molecule has 9 heteroatoms. The molecule has 1 rings (SSSR count). The van der Waals surface area contributed by atoms with E-state index in [0.717, 1.165) is 5.57 Å². The molecular formula is C16H28F3IN4O. The summed E-state index contributed by atoms with van der Waals surface area (Å²) in [6, 6.07) is -0.309. The number of hydrogen-bond acceptors (Lipinski definition) is 2. The number of carbonyl (C=O) groups is 1. The highest BCUT2D eigenvalue weighted by Gasteiger charge is 2.42. The van der Waals surface area contributed by atoms with Crippen LogP contribution >= 0.6 is 24.0 Å². The Morgan fingerprint density at radius 2 is 1.96 bits per heavy atom. The lowest BCUT2D eigenvalue weighted by Crippen LogP contribution is -2.47. The van der Waals surface area contributed by atoms with Crippen molar-refractivity contribution in [3.05, 3.63) is 12.2 Å². The smallest absolute Gasteiger partial charge is 0.354 e. The van der Waals surface area contributed by atoms with Crippen molar-refractivity contribution < 1.29 is 18.0 Å². The van der Waals surface area contributed by atoms with E-state index in [2.05, 4.69) is 22.2 Å². The number of guanidine groups is 1. The van der Waals surface area contributed by atoms with E-state index >= 15 is 0 Å². The van der Waals surface area contributed by atoms with Crippen LogP contribution in [0.1, 0.15) is 32.6 Å². The molecule has 0 bridgehead atoms. The molecule has 0 spiro atoms. The van der Waals surface area contributed by atoms with Gasteiger partial charge >= 0.3 is 6.18 Å². The molecule has 1 fully saturated rings. The highest BCUT2D eigenvalue weighted by molar-refractivity contribution is 14.0. The molecule has 0 aromatic heterocycles. The zero-order valence-corrected chi connectivity index (χ0v) is 17.3. The van der Waals surface area contributed by atoms with E-state index in [1.807, 2.05) is 6.92 Å². The van der Waals surface area contributed by atoms with Gasteiger partial charge in [-0.1, -0.05) is 18.6 Å². The Morgan fingerprint density at radius 1 is 1.32 bits per heavy atom. The van der Waals surface area contributed by atoms with Gasteiger partial charge in [0.2, 0.25) is 5.91 Å². The second-order valence-corrected chi connectivity index (χ2v) is 6.51. The van der Waals surface area contributed by atoms with Crippen LogP contribution in [0, 0.1) is 5.92 Å². The Hall–Kier alpha value is -1.00. The van der Waals surface area contributed by atoms with Crippen LogP contribution in [0.25, 0.3) is 0 Å². The Morgan fingerprint density at radius 3 is 2.48 bits per heavy atom. The molecule has 146 valence electrons. The first-order chi connectivity index (χ1) is 11.1. The van der Waals surface area contributed by atoms with Gasteiger partial charge in [0.15, 0.2) is 5.96 Å². The number of likely N-dealkylation sites (N-methyl/N-ethyl adjacent to an activating group) is 1. The lowest BCUT2D eigenvalue weighted by molar-refractivity contribution is -0.183. The van der Waals surface area contributed by atoms with Gasteiger partial charge in [-0.05, 0) is 26.2 Å². The zero-order valence-electron chi connectivity index (χ0n) is 14.9. The van der Waals surface area contributed by atoms with Crippen molar-refractivity contribution in [3.63, 3.8) is 0 Å². The average molecular weight is 476 g/mol. The molecule has 0 saturated heterocycles. The second-order valence-electron chi connectivity index (χ2n) is 6.51. The van der Waals surface area contributed by atoms with Crippen LogP contribution in [0.5, 0.6) is 0 Å². The van der Waals surface area contributed by atoms with Crippen LogP contribution in [0.2, 0.25) is 0 Å². The molecule has 25 heavy (non-hydrogen) atoms. The fraction of sp³-hybridized carbons (Fsp3) is 0.750. The lowest BCUT2D eigenvalue weighted by Gasteiger charge is -2.32. The van der Waals surface area contributed by atoms with Gasteiger partial charge in [0.25, 0.3) is 0 Å². The van der Waals surface area contributed by atoms with Crippen molar-refractivity contribution in [2.24, 2.45) is 10.9 Å². The minimum absolute atomic E-state index is 0. The zero-order chi connectivity index (χ0) is 18.3. The quantitative estimate of drug-likeness (QED) is 0.278. The number of alkyl halides is 3. The van der Waals surface area contributed by atoms with E-state index < -0.39 is 12.1 Å². The predicted molar refractivity (Wildman–Crippen MR) is 104 cm³/mol. The summed E-state index contributed by atoms with van der Waals surface area (Å²) in [6.07, 6.45) is -2.79. The van der Waals surface area contributed by atoms with Crippen molar-refractivity contribution in [3.8, 4) is 0 Å². The molecule has 1 aliphatic carbocycles. The lowest BCUT2D eigenvalue weighted by atomic mass is 9.85. The van der Waals surface area contributed by atoms with Gasteiger partial charge in [-0.25, -0.2) is 4.99 Å². The van der Waals surface area contributed by atoms with Crippen LogP contribution < -0.4 is 10.6 Å². The number of nitrogens with zero attached hydrogens (tertiary/aromatic N) is 2. The molecule has 5 nitrogen and oxygen atoms in total. The van der Waals surface area contributed by atoms with Crippen LogP contribution in [0.15, 0.2) is 17.1 Å². The minimum atomic E-state index is -4.16. The summed E-state index contributed by atoms with van der Waals surface area (Å²) >= 11 is 0. The van der Waals surface area contributed by atoms with E-state index in [0.29, 0.717) is 25.3 Å². The number of rotatable bonds is 5. The summed E-state index contributed by atoms with van der Waals surface area (Å²) < 4.78 is 38.7. The van der Waals surface area contributed by atoms with Crippen molar-refractivity contribution in [1.29, 1.82) is 0 Å². The largest absolute Gasteiger partial charge is 0.391 e. The number of aliphatic imine (C=N–C) groups is 1. The second kappa shape index (κ2) is 10.9. The van der Waals surface area contributed by atoms with Gasteiger partial charge in [0.1, 0.15) is 6.54 Å². The molecule has 1 saturated carbocycles. The molecule has 2 N–H and O–H groups in total. The molecule has 0 aliphatic heterocycles. The standard InChI is InChI=1S/C16H27F3N4O.HI/c1-11(2)9-20-15(21-10-14(24)23(3)4)22-13-7-5-6-12(8-13)16(17,18)19;/h12-13H,1,5-10H2,2-4H3,(H2,20,21,22);1H. The third-order valence-corrected chi connectivity index (χ3v) is 3.91. The molecule has 1 amide bonds. The summed E-state index contributed by atoms with van der Waals surface area (Å²) in [5.74, 6) is -1.11. The third kappa shape index (κ3) is 9.31. The predicted octanol–water partition coefficient (Wildman–Crippen LogP) is 2.93. The number of carbonyl (C=O) groups excluding carboxylic acids is 1. The summed E-state index contributed by atoms with van der Waals surface area (Å²) in [5, 5.41) is 6.04. The molecular weight excluding hydrogens is 448 g/mol. The highest BCUT2D eigenvalue weighted by Crippen LogP contribution is 2.37. The van der Waals surface area contributed by atoms with Crippen LogP contribution in [-0.4, -0.2) is 56.2 Å². The maximum atomic E-state index is 12.9. The SMILES string of the molecule is C=C(C)CNC(=NCC(=O)N(C)C)NC1CCCC(C(F)(F)F)C1.I. The molecule has 1 aliphatic rings. The van der Waals surface area contributed by atoms with Crippen molar-refractivity contribution in [2.75, 3.05) is 27.2 Å². The number of hydrogen-bond donors (Lipinski definition) is 2. The van der Waals surface area contributed by atoms with E-state index in [1.54, 1.807) is 14.1 Å². The van der Waals surface area contributed by atoms with E-state index in [1.165, 1.54) is 4.90 Å². The number of amides is 1. The van der Waals surface area contributed by atoms with Crippen molar-refractivity contribution >= 4 is 35.8 Å². The summed E-state index contributed by atoms with van der Waals surface area (Å²) in [4.78, 5) is 17.3. The topological polar surface area (TPSA) is 56.7 Å². The van der Waals surface area contributed by atoms with E-state index in [9.17, 15) is 18.0 Å². The van der Waals surface area contributed by atoms with Crippen LogP contribution in [-0.2, 0) is 4.79 Å². The maximum Gasteiger partial charge on any atom is 0.391 e. The molecule has 0 heterocycles. The third-order valence-electron chi connectivity index (χ3n) is 3.91. The van der Waals surface area contributed by atoms with Gasteiger partial charge in [0, 0.05) is 26.7 Å². The molecule has 0 aromatic rings. The van der Waals surface area contributed by atoms with Crippen LogP contribution in [0.3, 0.4) is 0 Å². The Balaban J connectivity index is 0.00000576. The van der Waals surface area contributed by atoms with Gasteiger partial charge < -0.3 is 15.5 Å². The number of halogens is 4. The summed E-state index contributed by atoms with van der Waals surface area (Å²) in [5.41, 5.74) is 0.861. The van der Waals surface area contributed by atoms with E-state index in [4.69, 9.17) is 0 Å². The van der Waals surface area contributed by atoms with Gasteiger partial charge in [-0.2, -0.15) is 13.2 Å². The summed E-state index contributed by atoms with van der Waals surface area (Å²) in [6.45, 7) is 5.98. The van der Waals surface area contributed by atoms with Gasteiger partial charge in [0.05, 0.1) is 5.92 Å². The first-order valence-corrected chi connectivity index (χ1v) is 8.05. The monoisotopic (exact) mass is 476 g/mol. The van der Waals surface area contributed by atoms with Gasteiger partial charge in [-0.3, -0.25) is 4.79 Å². The van der Waals surface area contributed by atoms with Crippen LogP contribution in [0.4, 0.5) is 13.2 Å². The molecule has 0 radical (unpaired) electrons. The Bertz CT molecular complexity index is 480.